The monoisotopic (exact) mass is 421 g/mol. The fourth-order valence-corrected chi connectivity index (χ4v) is 3.46. The summed E-state index contributed by atoms with van der Waals surface area (Å²) in [6.07, 6.45) is 6.22. The van der Waals surface area contributed by atoms with E-state index in [1.165, 1.54) is 0 Å². The van der Waals surface area contributed by atoms with E-state index in [0.717, 1.165) is 24.7 Å². The van der Waals surface area contributed by atoms with E-state index in [1.807, 2.05) is 49.7 Å². The molecule has 7 nitrogen and oxygen atoms in total. The maximum Gasteiger partial charge on any atom is 0.497 e. The highest BCUT2D eigenvalue weighted by molar-refractivity contribution is 6.61. The van der Waals surface area contributed by atoms with Gasteiger partial charge in [-0.2, -0.15) is 5.10 Å². The number of carbonyl (C=O) groups is 1. The number of hydrogen-bond donors (Lipinski definition) is 0. The second kappa shape index (κ2) is 9.31. The summed E-state index contributed by atoms with van der Waals surface area (Å²) in [5.74, 6) is 0. The first-order chi connectivity index (χ1) is 13.8. The van der Waals surface area contributed by atoms with Crippen LogP contribution in [0.15, 0.2) is 12.4 Å². The summed E-state index contributed by atoms with van der Waals surface area (Å²) < 4.78 is 19.7. The largest absolute Gasteiger partial charge is 0.497 e. The Morgan fingerprint density at radius 3 is 2.50 bits per heavy atom. The van der Waals surface area contributed by atoms with Crippen molar-refractivity contribution in [3.8, 4) is 0 Å². The quantitative estimate of drug-likeness (QED) is 0.619. The maximum atomic E-state index is 12.8. The second-order valence-electron chi connectivity index (χ2n) is 10.4. The van der Waals surface area contributed by atoms with E-state index in [2.05, 4.69) is 39.7 Å². The summed E-state index contributed by atoms with van der Waals surface area (Å²) in [6, 6.07) is 0.0840. The third-order valence-electron chi connectivity index (χ3n) is 5.69. The van der Waals surface area contributed by atoms with Crippen LogP contribution in [0, 0.1) is 0 Å². The molecule has 0 N–H and O–H groups in total. The second-order valence-corrected chi connectivity index (χ2v) is 10.4. The first-order valence-electron chi connectivity index (χ1n) is 11.1. The van der Waals surface area contributed by atoms with Gasteiger partial charge in [-0.05, 0) is 74.7 Å². The molecule has 0 bridgehead atoms. The first-order valence-corrected chi connectivity index (χ1v) is 11.1. The van der Waals surface area contributed by atoms with Gasteiger partial charge >= 0.3 is 13.2 Å². The van der Waals surface area contributed by atoms with E-state index in [1.54, 1.807) is 0 Å². The van der Waals surface area contributed by atoms with Gasteiger partial charge in [0.1, 0.15) is 5.60 Å². The van der Waals surface area contributed by atoms with Crippen molar-refractivity contribution in [3.63, 3.8) is 0 Å². The van der Waals surface area contributed by atoms with Gasteiger partial charge in [0.05, 0.1) is 6.04 Å². The van der Waals surface area contributed by atoms with Crippen molar-refractivity contribution < 1.29 is 18.8 Å². The van der Waals surface area contributed by atoms with E-state index in [4.69, 9.17) is 14.0 Å². The van der Waals surface area contributed by atoms with Gasteiger partial charge in [-0.25, -0.2) is 4.79 Å². The van der Waals surface area contributed by atoms with E-state index in [9.17, 15) is 4.79 Å². The lowest BCUT2D eigenvalue weighted by Crippen LogP contribution is -2.54. The Bertz CT molecular complexity index is 711. The molecule has 1 fully saturated rings. The molecule has 1 aliphatic heterocycles. The lowest BCUT2D eigenvalue weighted by molar-refractivity contribution is -0.0155. The molecule has 1 atom stereocenters. The Balaban J connectivity index is 2.18. The van der Waals surface area contributed by atoms with Crippen LogP contribution >= 0.6 is 0 Å². The van der Waals surface area contributed by atoms with Crippen LogP contribution in [0.2, 0.25) is 0 Å². The predicted molar refractivity (Wildman–Crippen MR) is 120 cm³/mol. The molecule has 8 heteroatoms. The topological polar surface area (TPSA) is 65.8 Å². The molecule has 2 rings (SSSR count). The molecule has 1 aliphatic rings. The van der Waals surface area contributed by atoms with Crippen molar-refractivity contribution in [2.45, 2.75) is 104 Å². The van der Waals surface area contributed by atoms with E-state index in [-0.39, 0.29) is 23.3 Å². The van der Waals surface area contributed by atoms with Gasteiger partial charge in [0.25, 0.3) is 0 Å². The standard InChI is InChI=1S/C22H40BN3O4/c1-10-22(8,9)30-23(28-11-2)17-14-24-26(15-17)18-12-13-21(6,7)25(16-18)19(27)29-20(3,4)5/h14-15,18H,10-13,16H2,1-9H3. The molecule has 30 heavy (non-hydrogen) atoms. The fraction of sp³-hybridized carbons (Fsp3) is 0.818. The fourth-order valence-electron chi connectivity index (χ4n) is 3.46. The predicted octanol–water partition coefficient (Wildman–Crippen LogP) is 4.17. The van der Waals surface area contributed by atoms with Gasteiger partial charge in [-0.1, -0.05) is 6.92 Å². The van der Waals surface area contributed by atoms with Crippen molar-refractivity contribution in [1.82, 2.24) is 14.7 Å². The van der Waals surface area contributed by atoms with Crippen molar-refractivity contribution >= 4 is 18.7 Å². The zero-order chi connectivity index (χ0) is 22.7. The van der Waals surface area contributed by atoms with Crippen molar-refractivity contribution in [1.29, 1.82) is 0 Å². The Kier molecular flexibility index (Phi) is 7.67. The highest BCUT2D eigenvalue weighted by Crippen LogP contribution is 2.33. The molecule has 1 amide bonds. The van der Waals surface area contributed by atoms with E-state index >= 15 is 0 Å². The molecule has 0 aliphatic carbocycles. The van der Waals surface area contributed by atoms with Crippen LogP contribution in [0.5, 0.6) is 0 Å². The van der Waals surface area contributed by atoms with Gasteiger partial charge < -0.3 is 18.9 Å². The number of carbonyl (C=O) groups excluding carboxylic acids is 1. The minimum absolute atomic E-state index is 0.0840. The van der Waals surface area contributed by atoms with Gasteiger partial charge in [0.2, 0.25) is 0 Å². The van der Waals surface area contributed by atoms with E-state index < -0.39 is 12.7 Å². The SMILES string of the molecule is CCOB(OC(C)(C)CC)c1cnn(C2CCC(C)(C)N(C(=O)OC(C)(C)C)C2)c1. The average Bonchev–Trinajstić information content (AvgIpc) is 3.09. The van der Waals surface area contributed by atoms with Crippen molar-refractivity contribution in [3.05, 3.63) is 12.4 Å². The molecule has 0 saturated carbocycles. The summed E-state index contributed by atoms with van der Waals surface area (Å²) in [6.45, 7) is 19.2. The van der Waals surface area contributed by atoms with Crippen molar-refractivity contribution in [2.24, 2.45) is 0 Å². The molecule has 0 spiro atoms. The number of rotatable bonds is 7. The van der Waals surface area contributed by atoms with Gasteiger partial charge in [-0.3, -0.25) is 4.68 Å². The lowest BCUT2D eigenvalue weighted by atomic mass is 9.79. The highest BCUT2D eigenvalue weighted by atomic mass is 16.6. The summed E-state index contributed by atoms with van der Waals surface area (Å²) in [5, 5.41) is 4.59. The van der Waals surface area contributed by atoms with Gasteiger partial charge in [-0.15, -0.1) is 0 Å². The molecule has 170 valence electrons. The van der Waals surface area contributed by atoms with Crippen LogP contribution in [0.1, 0.15) is 87.6 Å². The molecule has 1 aromatic rings. The van der Waals surface area contributed by atoms with Crippen LogP contribution in [-0.4, -0.2) is 57.8 Å². The van der Waals surface area contributed by atoms with Crippen molar-refractivity contribution in [2.75, 3.05) is 13.2 Å². The van der Waals surface area contributed by atoms with Gasteiger partial charge in [0, 0.05) is 42.1 Å². The Morgan fingerprint density at radius 1 is 1.27 bits per heavy atom. The molecule has 1 saturated heterocycles. The molecular weight excluding hydrogens is 381 g/mol. The molecule has 1 aromatic heterocycles. The summed E-state index contributed by atoms with van der Waals surface area (Å²) in [7, 11) is -0.458. The summed E-state index contributed by atoms with van der Waals surface area (Å²) in [5.41, 5.74) is -0.166. The minimum atomic E-state index is -0.521. The normalized spacial score (nSPS) is 19.6. The van der Waals surface area contributed by atoms with Crippen LogP contribution < -0.4 is 5.46 Å². The minimum Gasteiger partial charge on any atom is -0.444 e. The molecule has 2 heterocycles. The smallest absolute Gasteiger partial charge is 0.444 e. The molecular formula is C22H40BN3O4. The maximum absolute atomic E-state index is 12.8. The average molecular weight is 421 g/mol. The highest BCUT2D eigenvalue weighted by Gasteiger charge is 2.40. The number of aromatic nitrogens is 2. The number of amides is 1. The Hall–Kier alpha value is -1.54. The van der Waals surface area contributed by atoms with E-state index in [0.29, 0.717) is 13.2 Å². The number of ether oxygens (including phenoxy) is 1. The number of nitrogens with zero attached hydrogens (tertiary/aromatic N) is 3. The summed E-state index contributed by atoms with van der Waals surface area (Å²) in [4.78, 5) is 14.7. The number of hydrogen-bond acceptors (Lipinski definition) is 5. The lowest BCUT2D eigenvalue weighted by Gasteiger charge is -2.45. The van der Waals surface area contributed by atoms with Crippen LogP contribution in [-0.2, 0) is 14.0 Å². The zero-order valence-electron chi connectivity index (χ0n) is 20.3. The Morgan fingerprint density at radius 2 is 1.93 bits per heavy atom. The van der Waals surface area contributed by atoms with Crippen LogP contribution in [0.25, 0.3) is 0 Å². The number of likely N-dealkylation sites (tertiary alicyclic amines) is 1. The van der Waals surface area contributed by atoms with Gasteiger partial charge in [0.15, 0.2) is 0 Å². The molecule has 0 radical (unpaired) electrons. The molecule has 1 unspecified atom stereocenters. The zero-order valence-corrected chi connectivity index (χ0v) is 20.3. The van der Waals surface area contributed by atoms with Crippen LogP contribution in [0.3, 0.4) is 0 Å². The Labute approximate surface area is 182 Å². The number of piperidine rings is 1. The molecule has 0 aromatic carbocycles. The summed E-state index contributed by atoms with van der Waals surface area (Å²) >= 11 is 0. The first kappa shape index (κ1) is 24.7. The van der Waals surface area contributed by atoms with Crippen LogP contribution in [0.4, 0.5) is 4.79 Å². The third kappa shape index (κ3) is 6.48. The third-order valence-corrected chi connectivity index (χ3v) is 5.69.